The quantitative estimate of drug-likeness (QED) is 0.857. The number of nitrogens with zero attached hydrogens (tertiary/aromatic N) is 1. The molecule has 1 saturated heterocycles. The number of likely N-dealkylation sites (tertiary alicyclic amines) is 1. The first-order chi connectivity index (χ1) is 9.65. The van der Waals surface area contributed by atoms with Gasteiger partial charge >= 0.3 is 0 Å². The van der Waals surface area contributed by atoms with Gasteiger partial charge in [0.25, 0.3) is 0 Å². The number of aliphatic hydroxyl groups excluding tert-OH is 1. The molecule has 0 saturated carbocycles. The van der Waals surface area contributed by atoms with Gasteiger partial charge in [0, 0.05) is 29.8 Å². The molecule has 2 nitrogen and oxygen atoms in total. The minimum absolute atomic E-state index is 0.202. The average Bonchev–Trinajstić information content (AvgIpc) is 2.80. The monoisotopic (exact) mass is 275 g/mol. The highest BCUT2D eigenvalue weighted by Gasteiger charge is 2.29. The Morgan fingerprint density at radius 1 is 1.40 bits per heavy atom. The van der Waals surface area contributed by atoms with Crippen LogP contribution in [0.3, 0.4) is 0 Å². The zero-order chi connectivity index (χ0) is 14.5. The Balaban J connectivity index is 2.13. The normalized spacial score (nSPS) is 22.6. The standard InChI is InChI=1S/C17H22FNO/c1-3-16-9-6-13(2)19(16)12-15-8-7-14(5-4-10-20)11-17(15)18/h7-8,11,13,16,20H,3,6,9-10,12H2,1-2H3. The van der Waals surface area contributed by atoms with Crippen molar-refractivity contribution < 1.29 is 9.50 Å². The van der Waals surface area contributed by atoms with E-state index in [2.05, 4.69) is 30.6 Å². The molecule has 0 bridgehead atoms. The molecule has 0 amide bonds. The van der Waals surface area contributed by atoms with E-state index in [1.54, 1.807) is 0 Å². The number of rotatable bonds is 3. The van der Waals surface area contributed by atoms with E-state index in [0.29, 0.717) is 24.2 Å². The van der Waals surface area contributed by atoms with Crippen LogP contribution in [0.15, 0.2) is 18.2 Å². The molecule has 2 unspecified atom stereocenters. The summed E-state index contributed by atoms with van der Waals surface area (Å²) in [5.41, 5.74) is 1.34. The van der Waals surface area contributed by atoms with Crippen LogP contribution < -0.4 is 0 Å². The van der Waals surface area contributed by atoms with Crippen molar-refractivity contribution in [2.45, 2.75) is 51.7 Å². The molecule has 1 aliphatic heterocycles. The molecule has 3 heteroatoms. The predicted octanol–water partition coefficient (Wildman–Crippen LogP) is 2.93. The number of halogens is 1. The summed E-state index contributed by atoms with van der Waals surface area (Å²) in [7, 11) is 0. The first kappa shape index (κ1) is 15.0. The van der Waals surface area contributed by atoms with Crippen molar-refractivity contribution in [2.75, 3.05) is 6.61 Å². The lowest BCUT2D eigenvalue weighted by molar-refractivity contribution is 0.187. The van der Waals surface area contributed by atoms with E-state index in [1.165, 1.54) is 18.9 Å². The van der Waals surface area contributed by atoms with Crippen LogP contribution >= 0.6 is 0 Å². The van der Waals surface area contributed by atoms with Gasteiger partial charge in [-0.05, 0) is 38.3 Å². The molecule has 108 valence electrons. The molecular formula is C17H22FNO. The van der Waals surface area contributed by atoms with Crippen molar-refractivity contribution >= 4 is 0 Å². The SMILES string of the molecule is CCC1CCC(C)N1Cc1ccc(C#CCO)cc1F. The maximum Gasteiger partial charge on any atom is 0.128 e. The van der Waals surface area contributed by atoms with E-state index in [1.807, 2.05) is 12.1 Å². The lowest BCUT2D eigenvalue weighted by Gasteiger charge is -2.27. The van der Waals surface area contributed by atoms with Gasteiger partial charge in [0.2, 0.25) is 0 Å². The van der Waals surface area contributed by atoms with Gasteiger partial charge in [-0.1, -0.05) is 24.8 Å². The third-order valence-electron chi connectivity index (χ3n) is 4.14. The highest BCUT2D eigenvalue weighted by molar-refractivity contribution is 5.37. The first-order valence-electron chi connectivity index (χ1n) is 7.29. The summed E-state index contributed by atoms with van der Waals surface area (Å²) in [5, 5.41) is 8.65. The minimum Gasteiger partial charge on any atom is -0.384 e. The van der Waals surface area contributed by atoms with Crippen LogP contribution in [0.1, 0.15) is 44.2 Å². The molecule has 1 aromatic rings. The third kappa shape index (κ3) is 3.39. The molecule has 1 N–H and O–H groups in total. The molecule has 1 fully saturated rings. The van der Waals surface area contributed by atoms with Crippen LogP contribution in [-0.2, 0) is 6.54 Å². The van der Waals surface area contributed by atoms with Crippen molar-refractivity contribution in [1.82, 2.24) is 4.90 Å². The fraction of sp³-hybridized carbons (Fsp3) is 0.529. The highest BCUT2D eigenvalue weighted by atomic mass is 19.1. The van der Waals surface area contributed by atoms with Crippen LogP contribution in [0.25, 0.3) is 0 Å². The summed E-state index contributed by atoms with van der Waals surface area (Å²) in [6, 6.07) is 6.18. The molecule has 1 aromatic carbocycles. The molecule has 0 radical (unpaired) electrons. The van der Waals surface area contributed by atoms with Crippen LogP contribution in [0.4, 0.5) is 4.39 Å². The number of hydrogen-bond donors (Lipinski definition) is 1. The van der Waals surface area contributed by atoms with Gasteiger partial charge in [0.05, 0.1) is 0 Å². The molecule has 2 rings (SSSR count). The van der Waals surface area contributed by atoms with Crippen LogP contribution in [0, 0.1) is 17.7 Å². The Morgan fingerprint density at radius 2 is 2.20 bits per heavy atom. The van der Waals surface area contributed by atoms with Gasteiger partial charge < -0.3 is 5.11 Å². The van der Waals surface area contributed by atoms with Gasteiger partial charge in [-0.15, -0.1) is 0 Å². The number of benzene rings is 1. The minimum atomic E-state index is -0.205. The van der Waals surface area contributed by atoms with Crippen molar-refractivity contribution in [2.24, 2.45) is 0 Å². The fourth-order valence-electron chi connectivity index (χ4n) is 2.94. The highest BCUT2D eigenvalue weighted by Crippen LogP contribution is 2.28. The Kier molecular flexibility index (Phi) is 5.17. The van der Waals surface area contributed by atoms with E-state index in [0.717, 1.165) is 12.0 Å². The predicted molar refractivity (Wildman–Crippen MR) is 78.7 cm³/mol. The van der Waals surface area contributed by atoms with Crippen molar-refractivity contribution in [3.8, 4) is 11.8 Å². The Bertz CT molecular complexity index is 517. The van der Waals surface area contributed by atoms with E-state index >= 15 is 0 Å². The molecule has 1 aliphatic rings. The van der Waals surface area contributed by atoms with Gasteiger partial charge in [-0.2, -0.15) is 0 Å². The van der Waals surface area contributed by atoms with Gasteiger partial charge in [-0.3, -0.25) is 4.90 Å². The zero-order valence-corrected chi connectivity index (χ0v) is 12.2. The Hall–Kier alpha value is -1.37. The second-order valence-electron chi connectivity index (χ2n) is 5.43. The molecule has 20 heavy (non-hydrogen) atoms. The first-order valence-corrected chi connectivity index (χ1v) is 7.29. The molecular weight excluding hydrogens is 253 g/mol. The second-order valence-corrected chi connectivity index (χ2v) is 5.43. The number of hydrogen-bond acceptors (Lipinski definition) is 2. The molecule has 0 aromatic heterocycles. The second kappa shape index (κ2) is 6.88. The third-order valence-corrected chi connectivity index (χ3v) is 4.14. The van der Waals surface area contributed by atoms with E-state index in [-0.39, 0.29) is 12.4 Å². The van der Waals surface area contributed by atoms with Gasteiger partial charge in [0.1, 0.15) is 12.4 Å². The maximum atomic E-state index is 14.1. The van der Waals surface area contributed by atoms with Gasteiger partial charge in [-0.25, -0.2) is 4.39 Å². The molecule has 1 heterocycles. The van der Waals surface area contributed by atoms with E-state index in [4.69, 9.17) is 5.11 Å². The Labute approximate surface area is 120 Å². The molecule has 2 atom stereocenters. The summed E-state index contributed by atoms with van der Waals surface area (Å²) in [6.07, 6.45) is 3.52. The molecule has 0 aliphatic carbocycles. The maximum absolute atomic E-state index is 14.1. The zero-order valence-electron chi connectivity index (χ0n) is 12.2. The van der Waals surface area contributed by atoms with Crippen molar-refractivity contribution in [1.29, 1.82) is 0 Å². The summed E-state index contributed by atoms with van der Waals surface area (Å²) < 4.78 is 14.1. The smallest absolute Gasteiger partial charge is 0.128 e. The summed E-state index contributed by atoms with van der Waals surface area (Å²) in [6.45, 7) is 4.88. The lowest BCUT2D eigenvalue weighted by atomic mass is 10.1. The Morgan fingerprint density at radius 3 is 2.85 bits per heavy atom. The van der Waals surface area contributed by atoms with Crippen LogP contribution in [0.2, 0.25) is 0 Å². The van der Waals surface area contributed by atoms with Crippen molar-refractivity contribution in [3.05, 3.63) is 35.1 Å². The average molecular weight is 275 g/mol. The topological polar surface area (TPSA) is 23.5 Å². The van der Waals surface area contributed by atoms with Gasteiger partial charge in [0.15, 0.2) is 0 Å². The summed E-state index contributed by atoms with van der Waals surface area (Å²) in [5.74, 6) is 5.06. The lowest BCUT2D eigenvalue weighted by Crippen LogP contribution is -2.33. The van der Waals surface area contributed by atoms with Crippen LogP contribution in [0.5, 0.6) is 0 Å². The summed E-state index contributed by atoms with van der Waals surface area (Å²) in [4.78, 5) is 2.40. The summed E-state index contributed by atoms with van der Waals surface area (Å²) >= 11 is 0. The van der Waals surface area contributed by atoms with E-state index in [9.17, 15) is 4.39 Å². The number of aliphatic hydroxyl groups is 1. The van der Waals surface area contributed by atoms with Crippen molar-refractivity contribution in [3.63, 3.8) is 0 Å². The fourth-order valence-corrected chi connectivity index (χ4v) is 2.94. The molecule has 0 spiro atoms. The van der Waals surface area contributed by atoms with Crippen LogP contribution in [-0.4, -0.2) is 28.7 Å². The van der Waals surface area contributed by atoms with E-state index < -0.39 is 0 Å². The largest absolute Gasteiger partial charge is 0.384 e.